The van der Waals surface area contributed by atoms with Crippen molar-refractivity contribution < 1.29 is 29.0 Å². The number of amides is 2. The van der Waals surface area contributed by atoms with Gasteiger partial charge in [0.05, 0.1) is 29.1 Å². The standard InChI is InChI=1S/C28H31N3O6/c1-3-36-25-15-19(12-13-24(25)37-17-26(32)29-21-9-5-4-6-10-21)14-23-18(2)30-31(27(23)33)22-11-7-8-20(16-22)28(34)35/h7-8,11-16,21H,3-6,9-10,17H2,1-2H3,(H,29,32)(H,34,35)/b23-14+. The van der Waals surface area contributed by atoms with E-state index in [1.165, 1.54) is 23.6 Å². The second-order valence-corrected chi connectivity index (χ2v) is 9.05. The van der Waals surface area contributed by atoms with Crippen LogP contribution >= 0.6 is 0 Å². The molecule has 1 aliphatic heterocycles. The zero-order valence-electron chi connectivity index (χ0n) is 21.0. The first kappa shape index (κ1) is 25.9. The largest absolute Gasteiger partial charge is 0.490 e. The van der Waals surface area contributed by atoms with Crippen LogP contribution in [0.2, 0.25) is 0 Å². The summed E-state index contributed by atoms with van der Waals surface area (Å²) in [7, 11) is 0. The molecule has 0 radical (unpaired) electrons. The summed E-state index contributed by atoms with van der Waals surface area (Å²) in [6, 6.07) is 11.5. The molecule has 0 aromatic heterocycles. The Morgan fingerprint density at radius 3 is 2.62 bits per heavy atom. The number of hydrogen-bond acceptors (Lipinski definition) is 6. The van der Waals surface area contributed by atoms with Crippen molar-refractivity contribution >= 4 is 35.3 Å². The minimum Gasteiger partial charge on any atom is -0.490 e. The zero-order chi connectivity index (χ0) is 26.4. The lowest BCUT2D eigenvalue weighted by molar-refractivity contribution is -0.124. The Morgan fingerprint density at radius 1 is 1.11 bits per heavy atom. The van der Waals surface area contributed by atoms with Gasteiger partial charge >= 0.3 is 5.97 Å². The maximum Gasteiger partial charge on any atom is 0.335 e. The Hall–Kier alpha value is -4.14. The van der Waals surface area contributed by atoms with Crippen molar-refractivity contribution in [2.24, 2.45) is 5.10 Å². The van der Waals surface area contributed by atoms with E-state index in [9.17, 15) is 19.5 Å². The highest BCUT2D eigenvalue weighted by Gasteiger charge is 2.29. The van der Waals surface area contributed by atoms with Crippen molar-refractivity contribution in [3.63, 3.8) is 0 Å². The molecule has 0 saturated heterocycles. The van der Waals surface area contributed by atoms with Crippen molar-refractivity contribution in [3.8, 4) is 11.5 Å². The average Bonchev–Trinajstić information content (AvgIpc) is 3.17. The molecule has 2 aromatic carbocycles. The molecule has 9 nitrogen and oxygen atoms in total. The molecule has 1 fully saturated rings. The van der Waals surface area contributed by atoms with E-state index in [1.807, 2.05) is 6.92 Å². The Morgan fingerprint density at radius 2 is 1.89 bits per heavy atom. The number of carboxylic acids is 1. The van der Waals surface area contributed by atoms with Gasteiger partial charge in [-0.15, -0.1) is 0 Å². The third-order valence-electron chi connectivity index (χ3n) is 6.31. The van der Waals surface area contributed by atoms with Crippen molar-refractivity contribution in [1.82, 2.24) is 5.32 Å². The predicted molar refractivity (Wildman–Crippen MR) is 140 cm³/mol. The molecule has 0 unspecified atom stereocenters. The topological polar surface area (TPSA) is 118 Å². The molecule has 194 valence electrons. The number of nitrogens with zero attached hydrogens (tertiary/aromatic N) is 2. The Bertz CT molecular complexity index is 1250. The van der Waals surface area contributed by atoms with E-state index in [1.54, 1.807) is 43.3 Å². The SMILES string of the molecule is CCOc1cc(/C=C2/C(=O)N(c3cccc(C(=O)O)c3)N=C2C)ccc1OCC(=O)NC1CCCCC1. The van der Waals surface area contributed by atoms with E-state index in [4.69, 9.17) is 9.47 Å². The molecule has 0 spiro atoms. The van der Waals surface area contributed by atoms with Crippen molar-refractivity contribution in [3.05, 3.63) is 59.2 Å². The maximum atomic E-state index is 13.1. The number of hydrogen-bond donors (Lipinski definition) is 2. The maximum absolute atomic E-state index is 13.1. The number of aromatic carboxylic acids is 1. The summed E-state index contributed by atoms with van der Waals surface area (Å²) in [5, 5.41) is 17.8. The van der Waals surface area contributed by atoms with E-state index < -0.39 is 5.97 Å². The molecule has 2 aliphatic rings. The molecule has 2 aromatic rings. The normalized spacial score (nSPS) is 17.0. The van der Waals surface area contributed by atoms with Crippen LogP contribution in [0.5, 0.6) is 11.5 Å². The second kappa shape index (κ2) is 11.7. The molecule has 1 saturated carbocycles. The summed E-state index contributed by atoms with van der Waals surface area (Å²) in [6.45, 7) is 3.87. The van der Waals surface area contributed by atoms with Crippen molar-refractivity contribution in [2.45, 2.75) is 52.0 Å². The van der Waals surface area contributed by atoms with Crippen LogP contribution in [0.3, 0.4) is 0 Å². The van der Waals surface area contributed by atoms with Crippen LogP contribution in [0.25, 0.3) is 6.08 Å². The molecule has 9 heteroatoms. The van der Waals surface area contributed by atoms with Crippen LogP contribution in [-0.4, -0.2) is 47.9 Å². The van der Waals surface area contributed by atoms with E-state index >= 15 is 0 Å². The molecule has 4 rings (SSSR count). The summed E-state index contributed by atoms with van der Waals surface area (Å²) in [4.78, 5) is 36.8. The minimum absolute atomic E-state index is 0.0694. The van der Waals surface area contributed by atoms with Crippen LogP contribution in [0, 0.1) is 0 Å². The highest BCUT2D eigenvalue weighted by Crippen LogP contribution is 2.31. The Kier molecular flexibility index (Phi) is 8.22. The van der Waals surface area contributed by atoms with E-state index in [0.717, 1.165) is 25.7 Å². The number of ether oxygens (including phenoxy) is 2. The Balaban J connectivity index is 1.48. The van der Waals surface area contributed by atoms with Gasteiger partial charge in [-0.2, -0.15) is 10.1 Å². The number of anilines is 1. The summed E-state index contributed by atoms with van der Waals surface area (Å²) in [5.41, 5.74) is 2.02. The minimum atomic E-state index is -1.08. The number of carboxylic acid groups (broad SMARTS) is 1. The Labute approximate surface area is 215 Å². The van der Waals surface area contributed by atoms with Crippen LogP contribution in [0.4, 0.5) is 5.69 Å². The van der Waals surface area contributed by atoms with Crippen LogP contribution in [0.15, 0.2) is 53.1 Å². The molecule has 1 aliphatic carbocycles. The fourth-order valence-electron chi connectivity index (χ4n) is 4.46. The fraction of sp³-hybridized carbons (Fsp3) is 0.357. The van der Waals surface area contributed by atoms with Gasteiger partial charge in [0, 0.05) is 6.04 Å². The van der Waals surface area contributed by atoms with Gasteiger partial charge in [0.15, 0.2) is 18.1 Å². The lowest BCUT2D eigenvalue weighted by Gasteiger charge is -2.22. The van der Waals surface area contributed by atoms with Crippen LogP contribution < -0.4 is 19.8 Å². The van der Waals surface area contributed by atoms with Gasteiger partial charge in [0.1, 0.15) is 0 Å². The lowest BCUT2D eigenvalue weighted by Crippen LogP contribution is -2.39. The second-order valence-electron chi connectivity index (χ2n) is 9.05. The summed E-state index contributed by atoms with van der Waals surface area (Å²) < 4.78 is 11.5. The van der Waals surface area contributed by atoms with Gasteiger partial charge in [-0.05, 0) is 68.7 Å². The summed E-state index contributed by atoms with van der Waals surface area (Å²) in [5.74, 6) is -0.692. The number of benzene rings is 2. The van der Waals surface area contributed by atoms with Gasteiger partial charge in [0.25, 0.3) is 11.8 Å². The molecular formula is C28H31N3O6. The lowest BCUT2D eigenvalue weighted by atomic mass is 9.95. The highest BCUT2D eigenvalue weighted by atomic mass is 16.5. The van der Waals surface area contributed by atoms with Gasteiger partial charge in [-0.1, -0.05) is 31.4 Å². The molecule has 0 atom stereocenters. The average molecular weight is 506 g/mol. The molecule has 2 N–H and O–H groups in total. The molecule has 0 bridgehead atoms. The van der Waals surface area contributed by atoms with Gasteiger partial charge in [-0.25, -0.2) is 4.79 Å². The molecule has 2 amide bonds. The van der Waals surface area contributed by atoms with Crippen molar-refractivity contribution in [1.29, 1.82) is 0 Å². The van der Waals surface area contributed by atoms with Gasteiger partial charge in [0.2, 0.25) is 0 Å². The van der Waals surface area contributed by atoms with Gasteiger partial charge in [-0.3, -0.25) is 9.59 Å². The molecule has 37 heavy (non-hydrogen) atoms. The first-order valence-corrected chi connectivity index (χ1v) is 12.5. The van der Waals surface area contributed by atoms with Gasteiger partial charge < -0.3 is 19.9 Å². The molecule has 1 heterocycles. The van der Waals surface area contributed by atoms with Crippen LogP contribution in [0.1, 0.15) is 61.9 Å². The zero-order valence-corrected chi connectivity index (χ0v) is 21.0. The monoisotopic (exact) mass is 505 g/mol. The number of carbonyl (C=O) groups excluding carboxylic acids is 2. The third-order valence-corrected chi connectivity index (χ3v) is 6.31. The summed E-state index contributed by atoms with van der Waals surface area (Å²) >= 11 is 0. The summed E-state index contributed by atoms with van der Waals surface area (Å²) in [6.07, 6.45) is 7.19. The van der Waals surface area contributed by atoms with E-state index in [0.29, 0.717) is 40.6 Å². The smallest absolute Gasteiger partial charge is 0.335 e. The van der Waals surface area contributed by atoms with E-state index in [2.05, 4.69) is 10.4 Å². The third kappa shape index (κ3) is 6.35. The first-order valence-electron chi connectivity index (χ1n) is 12.5. The van der Waals surface area contributed by atoms with Crippen molar-refractivity contribution in [2.75, 3.05) is 18.2 Å². The fourth-order valence-corrected chi connectivity index (χ4v) is 4.46. The van der Waals surface area contributed by atoms with E-state index in [-0.39, 0.29) is 30.0 Å². The number of hydrazone groups is 1. The quantitative estimate of drug-likeness (QED) is 0.487. The highest BCUT2D eigenvalue weighted by molar-refractivity contribution is 6.32. The number of nitrogens with one attached hydrogen (secondary N) is 1. The number of rotatable bonds is 9. The first-order chi connectivity index (χ1) is 17.9. The predicted octanol–water partition coefficient (Wildman–Crippen LogP) is 4.42. The number of carbonyl (C=O) groups is 3. The van der Waals surface area contributed by atoms with Crippen LogP contribution in [-0.2, 0) is 9.59 Å². The molecular weight excluding hydrogens is 474 g/mol.